The van der Waals surface area contributed by atoms with Gasteiger partial charge < -0.3 is 13.7 Å². The highest BCUT2D eigenvalue weighted by Crippen LogP contribution is 2.50. The first kappa shape index (κ1) is 29.6. The summed E-state index contributed by atoms with van der Waals surface area (Å²) in [6, 6.07) is 56.3. The van der Waals surface area contributed by atoms with Gasteiger partial charge in [-0.2, -0.15) is 0 Å². The van der Waals surface area contributed by atoms with Gasteiger partial charge in [-0.3, -0.25) is 0 Å². The second-order valence-electron chi connectivity index (χ2n) is 14.5. The minimum absolute atomic E-state index is 0.0824. The standard InChI is InChI=1S/C48H35NO2/c1-48(2,3)40-24-13-22-36-37-23-14-26-42(47(37)51-46(36)40)49(41-25-12-11-19-33(41)30-15-5-4-6-16-30)43-29-39-38-27-31-17-7-8-18-32(31)28-44(38)50-45(39)35-21-10-9-20-34(35)43/h4-29H,1-3H3. The molecule has 0 aliphatic heterocycles. The topological polar surface area (TPSA) is 29.5 Å². The van der Waals surface area contributed by atoms with Gasteiger partial charge in [0, 0.05) is 43.4 Å². The lowest BCUT2D eigenvalue weighted by Gasteiger charge is -2.29. The maximum Gasteiger partial charge on any atom is 0.159 e. The third-order valence-electron chi connectivity index (χ3n) is 10.3. The van der Waals surface area contributed by atoms with Gasteiger partial charge in [0.1, 0.15) is 16.7 Å². The number of hydrogen-bond donors (Lipinski definition) is 0. The number of furan rings is 2. The van der Waals surface area contributed by atoms with Crippen LogP contribution in [0.15, 0.2) is 167 Å². The molecule has 51 heavy (non-hydrogen) atoms. The van der Waals surface area contributed by atoms with Gasteiger partial charge in [-0.25, -0.2) is 0 Å². The first-order chi connectivity index (χ1) is 24.9. The number of anilines is 3. The molecule has 0 radical (unpaired) electrons. The van der Waals surface area contributed by atoms with Crippen molar-refractivity contribution in [1.82, 2.24) is 0 Å². The minimum Gasteiger partial charge on any atom is -0.455 e. The molecule has 0 aliphatic rings. The Kier molecular flexibility index (Phi) is 6.44. The van der Waals surface area contributed by atoms with Crippen molar-refractivity contribution < 1.29 is 8.83 Å². The molecule has 244 valence electrons. The average molecular weight is 658 g/mol. The van der Waals surface area contributed by atoms with Crippen LogP contribution in [0.2, 0.25) is 0 Å². The summed E-state index contributed by atoms with van der Waals surface area (Å²) < 4.78 is 13.8. The molecule has 0 fully saturated rings. The summed E-state index contributed by atoms with van der Waals surface area (Å²) >= 11 is 0. The lowest BCUT2D eigenvalue weighted by Crippen LogP contribution is -2.12. The molecule has 0 unspecified atom stereocenters. The zero-order valence-electron chi connectivity index (χ0n) is 28.8. The van der Waals surface area contributed by atoms with Crippen LogP contribution in [-0.4, -0.2) is 0 Å². The zero-order valence-corrected chi connectivity index (χ0v) is 28.8. The third kappa shape index (κ3) is 4.58. The summed E-state index contributed by atoms with van der Waals surface area (Å²) in [5.41, 5.74) is 10.1. The Morgan fingerprint density at radius 2 is 1.02 bits per heavy atom. The van der Waals surface area contributed by atoms with Crippen molar-refractivity contribution in [3.05, 3.63) is 163 Å². The van der Waals surface area contributed by atoms with Gasteiger partial charge in [-0.15, -0.1) is 0 Å². The molecule has 8 aromatic carbocycles. The number of para-hydroxylation sites is 3. The molecule has 0 amide bonds. The van der Waals surface area contributed by atoms with E-state index in [9.17, 15) is 0 Å². The van der Waals surface area contributed by atoms with E-state index in [0.717, 1.165) is 88.2 Å². The molecule has 10 rings (SSSR count). The highest BCUT2D eigenvalue weighted by Gasteiger charge is 2.27. The summed E-state index contributed by atoms with van der Waals surface area (Å²) in [6.45, 7) is 6.74. The van der Waals surface area contributed by atoms with Crippen molar-refractivity contribution in [2.75, 3.05) is 4.90 Å². The van der Waals surface area contributed by atoms with Gasteiger partial charge in [0.2, 0.25) is 0 Å². The second-order valence-corrected chi connectivity index (χ2v) is 14.5. The van der Waals surface area contributed by atoms with E-state index in [1.807, 2.05) is 0 Å². The number of nitrogens with zero attached hydrogens (tertiary/aromatic N) is 1. The van der Waals surface area contributed by atoms with Crippen LogP contribution in [0, 0.1) is 0 Å². The van der Waals surface area contributed by atoms with Crippen molar-refractivity contribution in [2.24, 2.45) is 0 Å². The minimum atomic E-state index is -0.0824. The Bertz CT molecular complexity index is 2960. The van der Waals surface area contributed by atoms with Crippen LogP contribution in [0.3, 0.4) is 0 Å². The highest BCUT2D eigenvalue weighted by molar-refractivity contribution is 6.22. The molecule has 2 aromatic heterocycles. The molecule has 0 spiro atoms. The van der Waals surface area contributed by atoms with Gasteiger partial charge in [0.15, 0.2) is 5.58 Å². The van der Waals surface area contributed by atoms with Crippen LogP contribution < -0.4 is 4.90 Å². The SMILES string of the molecule is CC(C)(C)c1cccc2c1oc1c(N(c3ccccc3-c3ccccc3)c3cc4c5cc6ccccc6cc5oc4c4ccccc34)cccc12. The molecule has 10 aromatic rings. The number of fused-ring (bicyclic) bond motifs is 9. The van der Waals surface area contributed by atoms with Gasteiger partial charge in [0.25, 0.3) is 0 Å². The summed E-state index contributed by atoms with van der Waals surface area (Å²) in [4.78, 5) is 2.41. The fourth-order valence-electron chi connectivity index (χ4n) is 7.94. The van der Waals surface area contributed by atoms with Crippen LogP contribution in [0.25, 0.3) is 76.5 Å². The fourth-order valence-corrected chi connectivity index (χ4v) is 7.94. The summed E-state index contributed by atoms with van der Waals surface area (Å²) in [5, 5.41) is 8.93. The molecule has 3 nitrogen and oxygen atoms in total. The molecule has 0 saturated heterocycles. The number of benzene rings is 8. The number of hydrogen-bond acceptors (Lipinski definition) is 3. The molecule has 0 saturated carbocycles. The van der Waals surface area contributed by atoms with E-state index < -0.39 is 0 Å². The average Bonchev–Trinajstić information content (AvgIpc) is 3.73. The van der Waals surface area contributed by atoms with Crippen molar-refractivity contribution in [3.8, 4) is 11.1 Å². The molecular weight excluding hydrogens is 623 g/mol. The van der Waals surface area contributed by atoms with Gasteiger partial charge >= 0.3 is 0 Å². The van der Waals surface area contributed by atoms with E-state index in [2.05, 4.69) is 183 Å². The van der Waals surface area contributed by atoms with Crippen molar-refractivity contribution in [1.29, 1.82) is 0 Å². The predicted octanol–water partition coefficient (Wildman–Crippen LogP) is 14.2. The lowest BCUT2D eigenvalue weighted by atomic mass is 9.86. The van der Waals surface area contributed by atoms with Crippen molar-refractivity contribution in [2.45, 2.75) is 26.2 Å². The van der Waals surface area contributed by atoms with Gasteiger partial charge in [-0.05, 0) is 52.1 Å². The highest BCUT2D eigenvalue weighted by atomic mass is 16.3. The summed E-state index contributed by atoms with van der Waals surface area (Å²) in [5.74, 6) is 0. The molecule has 0 bridgehead atoms. The van der Waals surface area contributed by atoms with E-state index in [0.29, 0.717) is 0 Å². The van der Waals surface area contributed by atoms with Gasteiger partial charge in [-0.1, -0.05) is 148 Å². The van der Waals surface area contributed by atoms with E-state index in [4.69, 9.17) is 8.83 Å². The molecular formula is C48H35NO2. The second kappa shape index (κ2) is 11.1. The van der Waals surface area contributed by atoms with Crippen molar-refractivity contribution >= 4 is 82.5 Å². The molecule has 0 N–H and O–H groups in total. The lowest BCUT2D eigenvalue weighted by molar-refractivity contribution is 0.573. The predicted molar refractivity (Wildman–Crippen MR) is 215 cm³/mol. The Balaban J connectivity index is 1.35. The van der Waals surface area contributed by atoms with E-state index >= 15 is 0 Å². The summed E-state index contributed by atoms with van der Waals surface area (Å²) in [7, 11) is 0. The first-order valence-electron chi connectivity index (χ1n) is 17.6. The van der Waals surface area contributed by atoms with Crippen LogP contribution in [-0.2, 0) is 5.41 Å². The van der Waals surface area contributed by atoms with Gasteiger partial charge in [0.05, 0.1) is 17.1 Å². The monoisotopic (exact) mass is 657 g/mol. The molecule has 0 atom stereocenters. The van der Waals surface area contributed by atoms with Crippen LogP contribution in [0.4, 0.5) is 17.1 Å². The quantitative estimate of drug-likeness (QED) is 0.189. The van der Waals surface area contributed by atoms with Crippen molar-refractivity contribution in [3.63, 3.8) is 0 Å². The van der Waals surface area contributed by atoms with E-state index in [1.54, 1.807) is 0 Å². The molecule has 3 heteroatoms. The van der Waals surface area contributed by atoms with Crippen LogP contribution in [0.1, 0.15) is 26.3 Å². The Hall–Kier alpha value is -6.32. The Morgan fingerprint density at radius 1 is 0.412 bits per heavy atom. The Morgan fingerprint density at radius 3 is 1.82 bits per heavy atom. The normalized spacial score (nSPS) is 12.2. The molecule has 2 heterocycles. The fraction of sp³-hybridized carbons (Fsp3) is 0.0833. The maximum absolute atomic E-state index is 7.05. The number of rotatable bonds is 4. The van der Waals surface area contributed by atoms with E-state index in [1.165, 1.54) is 10.9 Å². The zero-order chi connectivity index (χ0) is 34.3. The first-order valence-corrected chi connectivity index (χ1v) is 17.6. The third-order valence-corrected chi connectivity index (χ3v) is 10.3. The molecule has 0 aliphatic carbocycles. The van der Waals surface area contributed by atoms with Crippen LogP contribution >= 0.6 is 0 Å². The summed E-state index contributed by atoms with van der Waals surface area (Å²) in [6.07, 6.45) is 0. The maximum atomic E-state index is 7.05. The smallest absolute Gasteiger partial charge is 0.159 e. The largest absolute Gasteiger partial charge is 0.455 e. The van der Waals surface area contributed by atoms with Crippen LogP contribution in [0.5, 0.6) is 0 Å². The van der Waals surface area contributed by atoms with E-state index in [-0.39, 0.29) is 5.41 Å². The Labute approximate surface area is 296 Å².